The van der Waals surface area contributed by atoms with E-state index in [0.717, 1.165) is 35.9 Å². The van der Waals surface area contributed by atoms with Crippen LogP contribution in [0, 0.1) is 17.6 Å². The molecule has 3 aromatic carbocycles. The van der Waals surface area contributed by atoms with Crippen molar-refractivity contribution in [1.29, 1.82) is 0 Å². The number of alkyl halides is 4. The molecular weight excluding hydrogens is 598 g/mol. The van der Waals surface area contributed by atoms with E-state index in [0.29, 0.717) is 6.07 Å². The van der Waals surface area contributed by atoms with Gasteiger partial charge in [-0.15, -0.1) is 0 Å². The number of hydrogen-bond acceptors (Lipinski definition) is 4. The number of hydrogen-bond donors (Lipinski definition) is 3. The molecule has 1 saturated carbocycles. The standard InChI is InChI=1S/C26H19BrF6N2O4/c27-19-11-15(26(33,38)39)10-18(25(30,31)32)22(19)34-23(36)17-2-1-3-20(21(17)29)35(12-13-4-5-13)24(37)14-6-8-16(28)9-7-14/h1-3,6-11,13,38-39H,4-5,12H2,(H,34,36). The van der Waals surface area contributed by atoms with E-state index in [4.69, 9.17) is 10.2 Å². The fourth-order valence-corrected chi connectivity index (χ4v) is 4.38. The molecule has 0 aliphatic heterocycles. The molecule has 0 atom stereocenters. The van der Waals surface area contributed by atoms with Crippen molar-refractivity contribution in [1.82, 2.24) is 0 Å². The van der Waals surface area contributed by atoms with Gasteiger partial charge in [0.2, 0.25) is 0 Å². The lowest BCUT2D eigenvalue weighted by Gasteiger charge is -2.24. The van der Waals surface area contributed by atoms with Crippen molar-refractivity contribution in [2.45, 2.75) is 25.1 Å². The first-order valence-electron chi connectivity index (χ1n) is 11.4. The number of amides is 2. The molecular formula is C26H19BrF6N2O4. The lowest BCUT2D eigenvalue weighted by atomic mass is 10.1. The quantitative estimate of drug-likeness (QED) is 0.220. The van der Waals surface area contributed by atoms with Crippen molar-refractivity contribution < 1.29 is 46.1 Å². The molecule has 0 heterocycles. The summed E-state index contributed by atoms with van der Waals surface area (Å²) in [5.41, 5.74) is -4.68. The van der Waals surface area contributed by atoms with Gasteiger partial charge in [-0.1, -0.05) is 6.07 Å². The SMILES string of the molecule is O=C(Nc1c(Br)cc(C(O)(O)F)cc1C(F)(F)F)c1cccc(N(CC2CC2)C(=O)c2ccc(F)cc2)c1F. The molecule has 0 aromatic heterocycles. The Morgan fingerprint density at radius 3 is 2.21 bits per heavy atom. The summed E-state index contributed by atoms with van der Waals surface area (Å²) in [4.78, 5) is 27.3. The summed E-state index contributed by atoms with van der Waals surface area (Å²) < 4.78 is 83.1. The van der Waals surface area contributed by atoms with E-state index >= 15 is 4.39 Å². The molecule has 4 rings (SSSR count). The summed E-state index contributed by atoms with van der Waals surface area (Å²) in [6.45, 7) is 0.0940. The van der Waals surface area contributed by atoms with Crippen LogP contribution in [0.25, 0.3) is 0 Å². The van der Waals surface area contributed by atoms with Crippen molar-refractivity contribution in [3.8, 4) is 0 Å². The molecule has 206 valence electrons. The molecule has 2 amide bonds. The highest BCUT2D eigenvalue weighted by atomic mass is 79.9. The molecule has 0 saturated heterocycles. The Hall–Kier alpha value is -3.42. The molecule has 39 heavy (non-hydrogen) atoms. The average Bonchev–Trinajstić information content (AvgIpc) is 3.67. The van der Waals surface area contributed by atoms with Gasteiger partial charge in [-0.25, -0.2) is 8.78 Å². The van der Waals surface area contributed by atoms with Crippen molar-refractivity contribution in [3.05, 3.63) is 93.0 Å². The first kappa shape index (κ1) is 28.6. The third kappa shape index (κ3) is 6.43. The van der Waals surface area contributed by atoms with Crippen LogP contribution in [-0.4, -0.2) is 28.6 Å². The second-order valence-corrected chi connectivity index (χ2v) is 9.78. The van der Waals surface area contributed by atoms with Gasteiger partial charge in [0.25, 0.3) is 11.8 Å². The maximum Gasteiger partial charge on any atom is 0.418 e. The Morgan fingerprint density at radius 2 is 1.64 bits per heavy atom. The van der Waals surface area contributed by atoms with Gasteiger partial charge in [0, 0.05) is 22.1 Å². The largest absolute Gasteiger partial charge is 0.418 e. The Kier molecular flexibility index (Phi) is 7.79. The lowest BCUT2D eigenvalue weighted by Crippen LogP contribution is -2.34. The number of carbonyl (C=O) groups is 2. The number of aliphatic hydroxyl groups is 2. The molecule has 0 unspecified atom stereocenters. The summed E-state index contributed by atoms with van der Waals surface area (Å²) in [5, 5.41) is 20.1. The lowest BCUT2D eigenvalue weighted by molar-refractivity contribution is -0.270. The highest BCUT2D eigenvalue weighted by Gasteiger charge is 2.39. The molecule has 6 nitrogen and oxygen atoms in total. The van der Waals surface area contributed by atoms with Gasteiger partial charge in [-0.2, -0.15) is 17.6 Å². The maximum atomic E-state index is 15.7. The number of benzene rings is 3. The number of anilines is 2. The summed E-state index contributed by atoms with van der Waals surface area (Å²) in [5.74, 6) is -3.71. The van der Waals surface area contributed by atoms with Crippen LogP contribution in [0.1, 0.15) is 44.7 Å². The predicted octanol–water partition coefficient (Wildman–Crippen LogP) is 6.12. The van der Waals surface area contributed by atoms with Crippen molar-refractivity contribution in [2.75, 3.05) is 16.8 Å². The molecule has 13 heteroatoms. The summed E-state index contributed by atoms with van der Waals surface area (Å²) in [6.07, 6.45) is -3.63. The molecule has 0 spiro atoms. The van der Waals surface area contributed by atoms with Crippen LogP contribution in [0.15, 0.2) is 59.1 Å². The minimum atomic E-state index is -5.19. The smallest absolute Gasteiger partial charge is 0.336 e. The van der Waals surface area contributed by atoms with Gasteiger partial charge >= 0.3 is 12.2 Å². The van der Waals surface area contributed by atoms with Crippen LogP contribution < -0.4 is 10.2 Å². The fourth-order valence-electron chi connectivity index (χ4n) is 3.82. The van der Waals surface area contributed by atoms with Crippen molar-refractivity contribution >= 4 is 39.1 Å². The molecule has 3 aromatic rings. The van der Waals surface area contributed by atoms with Crippen LogP contribution >= 0.6 is 15.9 Å². The molecule has 1 aliphatic rings. The molecule has 3 N–H and O–H groups in total. The van der Waals surface area contributed by atoms with Gasteiger partial charge in [0.05, 0.1) is 22.5 Å². The third-order valence-corrected chi connectivity index (χ3v) is 6.61. The van der Waals surface area contributed by atoms with Crippen LogP contribution in [0.2, 0.25) is 0 Å². The third-order valence-electron chi connectivity index (χ3n) is 5.99. The van der Waals surface area contributed by atoms with E-state index in [-0.39, 0.29) is 29.8 Å². The van der Waals surface area contributed by atoms with E-state index in [1.807, 2.05) is 5.32 Å². The average molecular weight is 617 g/mol. The highest BCUT2D eigenvalue weighted by molar-refractivity contribution is 9.10. The zero-order valence-corrected chi connectivity index (χ0v) is 21.3. The number of nitrogens with zero attached hydrogens (tertiary/aromatic N) is 1. The van der Waals surface area contributed by atoms with Gasteiger partial charge in [-0.05, 0) is 83.2 Å². The first-order chi connectivity index (χ1) is 18.2. The monoisotopic (exact) mass is 616 g/mol. The Balaban J connectivity index is 1.71. The zero-order chi connectivity index (χ0) is 28.7. The minimum absolute atomic E-state index is 0.0573. The number of nitrogens with one attached hydrogen (secondary N) is 1. The Morgan fingerprint density at radius 1 is 1.00 bits per heavy atom. The number of rotatable bonds is 7. The summed E-state index contributed by atoms with van der Waals surface area (Å²) >= 11 is 2.75. The van der Waals surface area contributed by atoms with Crippen LogP contribution in [0.3, 0.4) is 0 Å². The van der Waals surface area contributed by atoms with Crippen LogP contribution in [-0.2, 0) is 12.2 Å². The molecule has 1 fully saturated rings. The Bertz CT molecular complexity index is 1420. The normalized spacial score (nSPS) is 13.8. The highest BCUT2D eigenvalue weighted by Crippen LogP contribution is 2.42. The summed E-state index contributed by atoms with van der Waals surface area (Å²) in [6, 6.07) is 4.61. The fraction of sp³-hybridized carbons (Fsp3) is 0.231. The molecule has 0 radical (unpaired) electrons. The predicted molar refractivity (Wildman–Crippen MR) is 132 cm³/mol. The second kappa shape index (κ2) is 10.6. The van der Waals surface area contributed by atoms with Gasteiger partial charge in [-0.3, -0.25) is 9.59 Å². The van der Waals surface area contributed by atoms with Crippen molar-refractivity contribution in [2.24, 2.45) is 5.92 Å². The van der Waals surface area contributed by atoms with E-state index in [1.165, 1.54) is 24.3 Å². The van der Waals surface area contributed by atoms with E-state index in [1.54, 1.807) is 0 Å². The zero-order valence-electron chi connectivity index (χ0n) is 19.7. The topological polar surface area (TPSA) is 89.9 Å². The molecule has 1 aliphatic carbocycles. The van der Waals surface area contributed by atoms with Crippen molar-refractivity contribution in [3.63, 3.8) is 0 Å². The number of carbonyl (C=O) groups excluding carboxylic acids is 2. The van der Waals surface area contributed by atoms with Crippen LogP contribution in [0.5, 0.6) is 0 Å². The second-order valence-electron chi connectivity index (χ2n) is 8.92. The van der Waals surface area contributed by atoms with E-state index < -0.39 is 62.5 Å². The minimum Gasteiger partial charge on any atom is -0.336 e. The summed E-state index contributed by atoms with van der Waals surface area (Å²) in [7, 11) is 0. The maximum absolute atomic E-state index is 15.7. The molecule has 0 bridgehead atoms. The van der Waals surface area contributed by atoms with Gasteiger partial charge in [0.15, 0.2) is 5.82 Å². The van der Waals surface area contributed by atoms with E-state index in [2.05, 4.69) is 15.9 Å². The first-order valence-corrected chi connectivity index (χ1v) is 12.2. The number of halogens is 7. The Labute approximate surface area is 226 Å². The van der Waals surface area contributed by atoms with Crippen LogP contribution in [0.4, 0.5) is 37.7 Å². The van der Waals surface area contributed by atoms with Gasteiger partial charge in [0.1, 0.15) is 5.82 Å². The van der Waals surface area contributed by atoms with Gasteiger partial charge < -0.3 is 20.4 Å². The van der Waals surface area contributed by atoms with E-state index in [9.17, 15) is 31.5 Å².